The molecule has 0 unspecified atom stereocenters. The lowest BCUT2D eigenvalue weighted by molar-refractivity contribution is -0.143. The Morgan fingerprint density at radius 2 is 1.94 bits per heavy atom. The van der Waals surface area contributed by atoms with Crippen molar-refractivity contribution in [2.75, 3.05) is 13.2 Å². The number of nitrogens with zero attached hydrogens (tertiary/aromatic N) is 1. The molecule has 0 saturated carbocycles. The predicted molar refractivity (Wildman–Crippen MR) is 128 cm³/mol. The molecule has 0 spiro atoms. The normalized spacial score (nSPS) is 11.6. The van der Waals surface area contributed by atoms with Crippen LogP contribution in [0.1, 0.15) is 44.2 Å². The molecule has 1 atom stereocenters. The van der Waals surface area contributed by atoms with E-state index in [1.54, 1.807) is 23.1 Å². The van der Waals surface area contributed by atoms with Crippen molar-refractivity contribution in [1.82, 2.24) is 10.2 Å². The van der Waals surface area contributed by atoms with Gasteiger partial charge in [0.1, 0.15) is 11.8 Å². The molecular weight excluding hydrogens is 480 g/mol. The zero-order valence-electron chi connectivity index (χ0n) is 18.3. The highest BCUT2D eigenvalue weighted by Gasteiger charge is 2.29. The van der Waals surface area contributed by atoms with Gasteiger partial charge in [0.15, 0.2) is 6.61 Å². The van der Waals surface area contributed by atoms with Crippen LogP contribution in [-0.4, -0.2) is 35.9 Å². The quantitative estimate of drug-likeness (QED) is 0.406. The molecule has 2 aromatic carbocycles. The highest BCUT2D eigenvalue weighted by Crippen LogP contribution is 2.28. The molecule has 0 heterocycles. The van der Waals surface area contributed by atoms with Gasteiger partial charge in [-0.25, -0.2) is 0 Å². The molecule has 7 heteroatoms. The molecule has 0 radical (unpaired) electrons. The van der Waals surface area contributed by atoms with Crippen molar-refractivity contribution >= 4 is 39.3 Å². The minimum absolute atomic E-state index is 0.139. The molecule has 2 rings (SSSR count). The maximum Gasteiger partial charge on any atom is 0.261 e. The van der Waals surface area contributed by atoms with Crippen LogP contribution in [0.15, 0.2) is 46.9 Å². The number of unbranched alkanes of at least 4 members (excludes halogenated alkanes) is 1. The lowest BCUT2D eigenvalue weighted by Crippen LogP contribution is -2.50. The van der Waals surface area contributed by atoms with Gasteiger partial charge in [-0.15, -0.1) is 0 Å². The van der Waals surface area contributed by atoms with Crippen molar-refractivity contribution < 1.29 is 14.3 Å². The van der Waals surface area contributed by atoms with Crippen LogP contribution >= 0.6 is 27.5 Å². The third-order valence-corrected chi connectivity index (χ3v) is 5.85. The Morgan fingerprint density at radius 1 is 1.19 bits per heavy atom. The van der Waals surface area contributed by atoms with E-state index in [0.717, 1.165) is 28.4 Å². The Morgan fingerprint density at radius 3 is 2.58 bits per heavy atom. The van der Waals surface area contributed by atoms with Crippen LogP contribution in [0, 0.1) is 6.92 Å². The molecule has 0 aromatic heterocycles. The van der Waals surface area contributed by atoms with Crippen molar-refractivity contribution in [1.29, 1.82) is 0 Å². The van der Waals surface area contributed by atoms with E-state index in [4.69, 9.17) is 16.3 Å². The second-order valence-corrected chi connectivity index (χ2v) is 8.70. The van der Waals surface area contributed by atoms with Crippen LogP contribution < -0.4 is 10.1 Å². The maximum atomic E-state index is 13.2. The fourth-order valence-electron chi connectivity index (χ4n) is 3.21. The third-order valence-electron chi connectivity index (χ3n) is 5.06. The van der Waals surface area contributed by atoms with Crippen molar-refractivity contribution in [3.63, 3.8) is 0 Å². The van der Waals surface area contributed by atoms with Crippen molar-refractivity contribution in [2.24, 2.45) is 0 Å². The number of carbonyl (C=O) groups excluding carboxylic acids is 2. The molecule has 2 aromatic rings. The van der Waals surface area contributed by atoms with Gasteiger partial charge in [0.25, 0.3) is 5.91 Å². The molecule has 0 saturated heterocycles. The number of aryl methyl sites for hydroxylation is 1. The van der Waals surface area contributed by atoms with E-state index in [1.807, 2.05) is 38.1 Å². The smallest absolute Gasteiger partial charge is 0.261 e. The molecule has 1 N–H and O–H groups in total. The number of carbonyl (C=O) groups is 2. The summed E-state index contributed by atoms with van der Waals surface area (Å²) in [5.41, 5.74) is 2.07. The van der Waals surface area contributed by atoms with Gasteiger partial charge in [-0.2, -0.15) is 0 Å². The number of benzene rings is 2. The molecule has 0 aliphatic heterocycles. The van der Waals surface area contributed by atoms with Gasteiger partial charge < -0.3 is 15.0 Å². The Bertz CT molecular complexity index is 891. The van der Waals surface area contributed by atoms with Crippen molar-refractivity contribution in [3.05, 3.63) is 63.1 Å². The van der Waals surface area contributed by atoms with Crippen molar-refractivity contribution in [3.8, 4) is 5.75 Å². The van der Waals surface area contributed by atoms with E-state index < -0.39 is 6.04 Å². The molecule has 0 aliphatic carbocycles. The Balaban J connectivity index is 2.21. The van der Waals surface area contributed by atoms with Gasteiger partial charge in [-0.05, 0) is 49.1 Å². The largest absolute Gasteiger partial charge is 0.482 e. The number of rotatable bonds is 11. The number of nitrogens with one attached hydrogen (secondary N) is 1. The van der Waals surface area contributed by atoms with Gasteiger partial charge >= 0.3 is 0 Å². The third kappa shape index (κ3) is 7.54. The summed E-state index contributed by atoms with van der Waals surface area (Å²) in [6.45, 7) is 6.72. The summed E-state index contributed by atoms with van der Waals surface area (Å²) in [7, 11) is 0. The minimum atomic E-state index is -0.576. The number of amides is 2. The first-order chi connectivity index (χ1) is 14.9. The van der Waals surface area contributed by atoms with Crippen LogP contribution in [0.2, 0.25) is 5.02 Å². The molecule has 2 amide bonds. The Labute approximate surface area is 198 Å². The van der Waals surface area contributed by atoms with Crippen LogP contribution in [0.25, 0.3) is 0 Å². The van der Waals surface area contributed by atoms with Crippen LogP contribution in [-0.2, 0) is 16.1 Å². The number of hydrogen-bond acceptors (Lipinski definition) is 3. The molecule has 168 valence electrons. The second-order valence-electron chi connectivity index (χ2n) is 7.38. The summed E-state index contributed by atoms with van der Waals surface area (Å²) < 4.78 is 6.53. The van der Waals surface area contributed by atoms with Gasteiger partial charge in [-0.1, -0.05) is 72.1 Å². The first-order valence-corrected chi connectivity index (χ1v) is 11.7. The standard InChI is InChI=1S/C24H30BrClN2O3/c1-4-6-13-27-24(30)21(5-2)28(15-18-10-8-7-9-17(18)3)23(29)16-31-22-12-11-19(25)14-20(22)26/h7-12,14,21H,4-6,13,15-16H2,1-3H3,(H,27,30)/t21-/m1/s1. The molecular formula is C24H30BrClN2O3. The Hall–Kier alpha value is -2.05. The van der Waals surface area contributed by atoms with Crippen LogP contribution in [0.3, 0.4) is 0 Å². The van der Waals surface area contributed by atoms with E-state index >= 15 is 0 Å². The first-order valence-electron chi connectivity index (χ1n) is 10.6. The molecule has 5 nitrogen and oxygen atoms in total. The number of halogens is 2. The van der Waals surface area contributed by atoms with Crippen LogP contribution in [0.5, 0.6) is 5.75 Å². The fraction of sp³-hybridized carbons (Fsp3) is 0.417. The van der Waals surface area contributed by atoms with E-state index in [0.29, 0.717) is 30.3 Å². The molecule has 0 aliphatic rings. The Kier molecular flexibility index (Phi) is 10.3. The topological polar surface area (TPSA) is 58.6 Å². The summed E-state index contributed by atoms with van der Waals surface area (Å²) in [4.78, 5) is 27.7. The van der Waals surface area contributed by atoms with Gasteiger partial charge in [0.05, 0.1) is 5.02 Å². The predicted octanol–water partition coefficient (Wildman–Crippen LogP) is 5.51. The van der Waals surface area contributed by atoms with E-state index in [9.17, 15) is 9.59 Å². The second kappa shape index (κ2) is 12.7. The maximum absolute atomic E-state index is 13.2. The lowest BCUT2D eigenvalue weighted by atomic mass is 10.1. The average Bonchev–Trinajstić information content (AvgIpc) is 2.74. The first kappa shape index (κ1) is 25.2. The van der Waals surface area contributed by atoms with E-state index in [-0.39, 0.29) is 18.4 Å². The van der Waals surface area contributed by atoms with E-state index in [1.165, 1.54) is 0 Å². The van der Waals surface area contributed by atoms with Crippen LogP contribution in [0.4, 0.5) is 0 Å². The summed E-state index contributed by atoms with van der Waals surface area (Å²) in [5.74, 6) is 0.0220. The molecule has 0 fully saturated rings. The SMILES string of the molecule is CCCCNC(=O)[C@@H](CC)N(Cc1ccccc1C)C(=O)COc1ccc(Br)cc1Cl. The lowest BCUT2D eigenvalue weighted by Gasteiger charge is -2.31. The summed E-state index contributed by atoms with van der Waals surface area (Å²) in [6.07, 6.45) is 2.40. The van der Waals surface area contributed by atoms with Gasteiger partial charge in [0.2, 0.25) is 5.91 Å². The monoisotopic (exact) mass is 508 g/mol. The summed E-state index contributed by atoms with van der Waals surface area (Å²) in [5, 5.41) is 3.37. The van der Waals surface area contributed by atoms with E-state index in [2.05, 4.69) is 28.2 Å². The highest BCUT2D eigenvalue weighted by molar-refractivity contribution is 9.10. The zero-order chi connectivity index (χ0) is 22.8. The average molecular weight is 510 g/mol. The highest BCUT2D eigenvalue weighted by atomic mass is 79.9. The van der Waals surface area contributed by atoms with Gasteiger partial charge in [-0.3, -0.25) is 9.59 Å². The fourth-order valence-corrected chi connectivity index (χ4v) is 3.94. The minimum Gasteiger partial charge on any atom is -0.482 e. The number of hydrogen-bond donors (Lipinski definition) is 1. The van der Waals surface area contributed by atoms with Crippen molar-refractivity contribution in [2.45, 2.75) is 52.6 Å². The van der Waals surface area contributed by atoms with Gasteiger partial charge in [0, 0.05) is 17.6 Å². The zero-order valence-corrected chi connectivity index (χ0v) is 20.6. The molecule has 0 bridgehead atoms. The summed E-state index contributed by atoms with van der Waals surface area (Å²) >= 11 is 9.56. The summed E-state index contributed by atoms with van der Waals surface area (Å²) in [6, 6.07) is 12.5. The molecule has 31 heavy (non-hydrogen) atoms. The number of ether oxygens (including phenoxy) is 1.